The lowest BCUT2D eigenvalue weighted by Crippen LogP contribution is -2.40. The molecule has 7 heteroatoms. The summed E-state index contributed by atoms with van der Waals surface area (Å²) in [6, 6.07) is 5.60. The SMILES string of the molecule is COc1ccc(CN(C)C(=O)N[C@@H]2CCCc3c2cnn3C)cc1OC. The van der Waals surface area contributed by atoms with Crippen molar-refractivity contribution in [3.63, 3.8) is 0 Å². The Labute approximate surface area is 153 Å². The van der Waals surface area contributed by atoms with Gasteiger partial charge in [0, 0.05) is 31.9 Å². The van der Waals surface area contributed by atoms with Crippen molar-refractivity contribution in [3.05, 3.63) is 41.2 Å². The summed E-state index contributed by atoms with van der Waals surface area (Å²) >= 11 is 0. The summed E-state index contributed by atoms with van der Waals surface area (Å²) in [5, 5.41) is 7.47. The van der Waals surface area contributed by atoms with Crippen LogP contribution in [0.25, 0.3) is 0 Å². The quantitative estimate of drug-likeness (QED) is 0.892. The van der Waals surface area contributed by atoms with Crippen molar-refractivity contribution in [2.75, 3.05) is 21.3 Å². The second-order valence-electron chi connectivity index (χ2n) is 6.61. The van der Waals surface area contributed by atoms with E-state index >= 15 is 0 Å². The summed E-state index contributed by atoms with van der Waals surface area (Å²) in [6.07, 6.45) is 4.87. The summed E-state index contributed by atoms with van der Waals surface area (Å²) < 4.78 is 12.5. The molecule has 1 aromatic carbocycles. The molecule has 140 valence electrons. The Bertz CT molecular complexity index is 787. The summed E-state index contributed by atoms with van der Waals surface area (Å²) in [5.41, 5.74) is 3.32. The summed E-state index contributed by atoms with van der Waals surface area (Å²) in [6.45, 7) is 0.485. The van der Waals surface area contributed by atoms with Gasteiger partial charge in [0.25, 0.3) is 0 Å². The van der Waals surface area contributed by atoms with Crippen LogP contribution >= 0.6 is 0 Å². The van der Waals surface area contributed by atoms with Crippen molar-refractivity contribution in [2.45, 2.75) is 31.8 Å². The zero-order valence-corrected chi connectivity index (χ0v) is 15.8. The Hall–Kier alpha value is -2.70. The van der Waals surface area contributed by atoms with Gasteiger partial charge < -0.3 is 19.7 Å². The molecule has 2 aromatic rings. The number of aromatic nitrogens is 2. The molecule has 3 rings (SSSR count). The minimum absolute atomic E-state index is 0.0211. The topological polar surface area (TPSA) is 68.6 Å². The number of nitrogens with one attached hydrogen (secondary N) is 1. The molecule has 1 aliphatic carbocycles. The van der Waals surface area contributed by atoms with Crippen LogP contribution in [0, 0.1) is 0 Å². The molecule has 1 N–H and O–H groups in total. The Kier molecular flexibility index (Phi) is 5.35. The molecule has 2 amide bonds. The van der Waals surface area contributed by atoms with E-state index in [0.717, 1.165) is 30.4 Å². The third-order valence-corrected chi connectivity index (χ3v) is 4.89. The zero-order valence-electron chi connectivity index (χ0n) is 15.8. The largest absolute Gasteiger partial charge is 0.493 e. The molecule has 7 nitrogen and oxygen atoms in total. The van der Waals surface area contributed by atoms with E-state index in [-0.39, 0.29) is 12.1 Å². The van der Waals surface area contributed by atoms with Gasteiger partial charge in [-0.1, -0.05) is 6.07 Å². The fourth-order valence-electron chi connectivity index (χ4n) is 3.44. The smallest absolute Gasteiger partial charge is 0.317 e. The number of carbonyl (C=O) groups excluding carboxylic acids is 1. The maximum absolute atomic E-state index is 12.6. The van der Waals surface area contributed by atoms with E-state index in [9.17, 15) is 4.79 Å². The molecule has 0 unspecified atom stereocenters. The van der Waals surface area contributed by atoms with E-state index in [4.69, 9.17) is 9.47 Å². The van der Waals surface area contributed by atoms with E-state index in [1.807, 2.05) is 36.1 Å². The number of rotatable bonds is 5. The fraction of sp³-hybridized carbons (Fsp3) is 0.474. The number of hydrogen-bond donors (Lipinski definition) is 1. The van der Waals surface area contributed by atoms with E-state index in [1.54, 1.807) is 26.2 Å². The molecule has 0 spiro atoms. The number of carbonyl (C=O) groups is 1. The van der Waals surface area contributed by atoms with Crippen LogP contribution in [0.15, 0.2) is 24.4 Å². The summed E-state index contributed by atoms with van der Waals surface area (Å²) in [7, 11) is 6.95. The van der Waals surface area contributed by atoms with Gasteiger partial charge in [0.2, 0.25) is 0 Å². The Morgan fingerprint density at radius 2 is 2.12 bits per heavy atom. The zero-order chi connectivity index (χ0) is 18.7. The van der Waals surface area contributed by atoms with Crippen molar-refractivity contribution in [1.29, 1.82) is 0 Å². The molecule has 0 saturated heterocycles. The van der Waals surface area contributed by atoms with Gasteiger partial charge in [0.15, 0.2) is 11.5 Å². The highest BCUT2D eigenvalue weighted by atomic mass is 16.5. The molecule has 1 atom stereocenters. The predicted molar refractivity (Wildman–Crippen MR) is 98.4 cm³/mol. The number of aryl methyl sites for hydroxylation is 1. The maximum atomic E-state index is 12.6. The lowest BCUT2D eigenvalue weighted by atomic mass is 9.93. The van der Waals surface area contributed by atoms with Gasteiger partial charge in [0.05, 0.1) is 26.5 Å². The monoisotopic (exact) mass is 358 g/mol. The number of hydrogen-bond acceptors (Lipinski definition) is 4. The van der Waals surface area contributed by atoms with Crippen LogP contribution in [0.4, 0.5) is 4.79 Å². The Balaban J connectivity index is 1.66. The third-order valence-electron chi connectivity index (χ3n) is 4.89. The van der Waals surface area contributed by atoms with E-state index in [2.05, 4.69) is 10.4 Å². The van der Waals surface area contributed by atoms with Crippen LogP contribution in [0.3, 0.4) is 0 Å². The predicted octanol–water partition coefficient (Wildman–Crippen LogP) is 2.66. The second kappa shape index (κ2) is 7.68. The first-order valence-electron chi connectivity index (χ1n) is 8.76. The van der Waals surface area contributed by atoms with Gasteiger partial charge in [-0.15, -0.1) is 0 Å². The first-order chi connectivity index (χ1) is 12.5. The minimum Gasteiger partial charge on any atom is -0.493 e. The van der Waals surface area contributed by atoms with Crippen molar-refractivity contribution in [1.82, 2.24) is 20.0 Å². The van der Waals surface area contributed by atoms with E-state index in [0.29, 0.717) is 18.0 Å². The molecule has 0 fully saturated rings. The van der Waals surface area contributed by atoms with Crippen molar-refractivity contribution >= 4 is 6.03 Å². The molecule has 1 aliphatic rings. The fourth-order valence-corrected chi connectivity index (χ4v) is 3.44. The standard InChI is InChI=1S/C19H26N4O3/c1-22(12-13-8-9-17(25-3)18(10-13)26-4)19(24)21-15-6-5-7-16-14(15)11-20-23(16)2/h8-11,15H,5-7,12H2,1-4H3,(H,21,24)/t15-/m1/s1. The van der Waals surface area contributed by atoms with Crippen LogP contribution in [0.2, 0.25) is 0 Å². The number of ether oxygens (including phenoxy) is 2. The highest BCUT2D eigenvalue weighted by molar-refractivity contribution is 5.74. The van der Waals surface area contributed by atoms with Crippen molar-refractivity contribution < 1.29 is 14.3 Å². The molecule has 0 bridgehead atoms. The second-order valence-corrected chi connectivity index (χ2v) is 6.61. The summed E-state index contributed by atoms with van der Waals surface area (Å²) in [5.74, 6) is 1.33. The Morgan fingerprint density at radius 3 is 2.85 bits per heavy atom. The average Bonchev–Trinajstić information content (AvgIpc) is 3.03. The van der Waals surface area contributed by atoms with Crippen LogP contribution in [0.1, 0.15) is 35.7 Å². The highest BCUT2D eigenvalue weighted by Crippen LogP contribution is 2.30. The van der Waals surface area contributed by atoms with Gasteiger partial charge in [-0.25, -0.2) is 4.79 Å². The molecule has 0 aliphatic heterocycles. The number of benzene rings is 1. The lowest BCUT2D eigenvalue weighted by Gasteiger charge is -2.27. The molecule has 1 heterocycles. The highest BCUT2D eigenvalue weighted by Gasteiger charge is 2.25. The maximum Gasteiger partial charge on any atom is 0.317 e. The molecular formula is C19H26N4O3. The average molecular weight is 358 g/mol. The van der Waals surface area contributed by atoms with E-state index in [1.165, 1.54) is 5.69 Å². The molecule has 1 aromatic heterocycles. The van der Waals surface area contributed by atoms with Gasteiger partial charge >= 0.3 is 6.03 Å². The lowest BCUT2D eigenvalue weighted by molar-refractivity contribution is 0.201. The van der Waals surface area contributed by atoms with Crippen LogP contribution < -0.4 is 14.8 Å². The molecule has 0 radical (unpaired) electrons. The van der Waals surface area contributed by atoms with Crippen LogP contribution in [-0.2, 0) is 20.0 Å². The van der Waals surface area contributed by atoms with Gasteiger partial charge in [-0.3, -0.25) is 4.68 Å². The summed E-state index contributed by atoms with van der Waals surface area (Å²) in [4.78, 5) is 14.3. The molecule has 26 heavy (non-hydrogen) atoms. The molecule has 0 saturated carbocycles. The van der Waals surface area contributed by atoms with Crippen LogP contribution in [-0.4, -0.2) is 42.0 Å². The Morgan fingerprint density at radius 1 is 1.35 bits per heavy atom. The third kappa shape index (κ3) is 3.61. The van der Waals surface area contributed by atoms with Crippen molar-refractivity contribution in [2.24, 2.45) is 7.05 Å². The first kappa shape index (κ1) is 18.1. The van der Waals surface area contributed by atoms with E-state index < -0.39 is 0 Å². The number of urea groups is 1. The normalized spacial score (nSPS) is 15.9. The van der Waals surface area contributed by atoms with Gasteiger partial charge in [-0.05, 0) is 37.0 Å². The number of fused-ring (bicyclic) bond motifs is 1. The van der Waals surface area contributed by atoms with Crippen LogP contribution in [0.5, 0.6) is 11.5 Å². The van der Waals surface area contributed by atoms with Gasteiger partial charge in [0.1, 0.15) is 0 Å². The number of methoxy groups -OCH3 is 2. The number of amides is 2. The first-order valence-corrected chi connectivity index (χ1v) is 8.76. The van der Waals surface area contributed by atoms with Crippen molar-refractivity contribution in [3.8, 4) is 11.5 Å². The number of nitrogens with zero attached hydrogens (tertiary/aromatic N) is 3. The minimum atomic E-state index is -0.0958. The van der Waals surface area contributed by atoms with Gasteiger partial charge in [-0.2, -0.15) is 5.10 Å². The molecular weight excluding hydrogens is 332 g/mol.